The van der Waals surface area contributed by atoms with Gasteiger partial charge in [-0.05, 0) is 19.3 Å². The highest BCUT2D eigenvalue weighted by Crippen LogP contribution is 2.11. The molecule has 0 aromatic rings. The highest BCUT2D eigenvalue weighted by atomic mass is 16.6. The Labute approximate surface area is 215 Å². The first kappa shape index (κ1) is 33.4. The van der Waals surface area contributed by atoms with Gasteiger partial charge in [-0.25, -0.2) is 0 Å². The van der Waals surface area contributed by atoms with Crippen LogP contribution in [0.1, 0.15) is 149 Å². The van der Waals surface area contributed by atoms with Gasteiger partial charge in [0.2, 0.25) is 0 Å². The summed E-state index contributed by atoms with van der Waals surface area (Å²) < 4.78 is 16.2. The number of ether oxygens (including phenoxy) is 3. The van der Waals surface area contributed by atoms with E-state index in [0.29, 0.717) is 19.3 Å². The van der Waals surface area contributed by atoms with Crippen molar-refractivity contribution in [2.24, 2.45) is 0 Å². The highest BCUT2D eigenvalue weighted by molar-refractivity contribution is 5.71. The molecule has 0 aliphatic carbocycles. The van der Waals surface area contributed by atoms with Crippen LogP contribution in [0.5, 0.6) is 0 Å². The summed E-state index contributed by atoms with van der Waals surface area (Å²) in [6.45, 7) is 6.37. The summed E-state index contributed by atoms with van der Waals surface area (Å²) in [6.07, 6.45) is 18.7. The van der Waals surface area contributed by atoms with Crippen molar-refractivity contribution in [3.05, 3.63) is 0 Å². The van der Waals surface area contributed by atoms with Crippen LogP contribution < -0.4 is 0 Å². The molecule has 0 radical (unpaired) electrons. The van der Waals surface area contributed by atoms with Crippen LogP contribution in [0, 0.1) is 0 Å². The van der Waals surface area contributed by atoms with E-state index >= 15 is 0 Å². The van der Waals surface area contributed by atoms with Crippen molar-refractivity contribution in [3.63, 3.8) is 0 Å². The lowest BCUT2D eigenvalue weighted by molar-refractivity contribution is -0.167. The van der Waals surface area contributed by atoms with Gasteiger partial charge in [0.15, 0.2) is 6.10 Å². The van der Waals surface area contributed by atoms with Crippen molar-refractivity contribution < 1.29 is 28.6 Å². The van der Waals surface area contributed by atoms with Gasteiger partial charge in [0.05, 0.1) is 0 Å². The molecule has 0 N–H and O–H groups in total. The maximum atomic E-state index is 12.3. The first-order valence-corrected chi connectivity index (χ1v) is 14.5. The molecule has 0 bridgehead atoms. The van der Waals surface area contributed by atoms with E-state index < -0.39 is 6.10 Å². The summed E-state index contributed by atoms with van der Waals surface area (Å²) in [5.41, 5.74) is 0. The number of hydrogen-bond donors (Lipinski definition) is 0. The van der Waals surface area contributed by atoms with Crippen LogP contribution in [0.2, 0.25) is 0 Å². The molecule has 0 heterocycles. The molecule has 0 unspecified atom stereocenters. The zero-order chi connectivity index (χ0) is 26.0. The van der Waals surface area contributed by atoms with Crippen LogP contribution in [0.3, 0.4) is 0 Å². The summed E-state index contributed by atoms with van der Waals surface area (Å²) in [7, 11) is 0. The molecule has 0 rings (SSSR count). The number of carbonyl (C=O) groups is 3. The predicted molar refractivity (Wildman–Crippen MR) is 141 cm³/mol. The lowest BCUT2D eigenvalue weighted by Gasteiger charge is -2.18. The maximum absolute atomic E-state index is 12.3. The van der Waals surface area contributed by atoms with Crippen LogP contribution in [0.15, 0.2) is 0 Å². The molecule has 0 aliphatic heterocycles. The second-order valence-electron chi connectivity index (χ2n) is 9.68. The molecule has 0 fully saturated rings. The zero-order valence-corrected chi connectivity index (χ0v) is 23.1. The Bertz CT molecular complexity index is 519. The van der Waals surface area contributed by atoms with Crippen molar-refractivity contribution >= 4 is 17.9 Å². The Hall–Kier alpha value is -1.59. The van der Waals surface area contributed by atoms with Crippen LogP contribution in [-0.4, -0.2) is 37.2 Å². The zero-order valence-electron chi connectivity index (χ0n) is 23.1. The molecule has 0 amide bonds. The van der Waals surface area contributed by atoms with E-state index in [-0.39, 0.29) is 31.1 Å². The standard InChI is InChI=1S/C29H54O6/c1-4-7-10-13-14-17-19-22-28(31)34-25-26(35-29(32)23-20-16-12-9-6-3)24-33-27(30)21-18-15-11-8-5-2/h26H,4-25H2,1-3H3/t26-/m1/s1. The van der Waals surface area contributed by atoms with E-state index in [2.05, 4.69) is 20.8 Å². The molecule has 35 heavy (non-hydrogen) atoms. The fourth-order valence-electron chi connectivity index (χ4n) is 3.85. The van der Waals surface area contributed by atoms with Gasteiger partial charge in [-0.2, -0.15) is 0 Å². The number of hydrogen-bond acceptors (Lipinski definition) is 6. The summed E-state index contributed by atoms with van der Waals surface area (Å²) in [4.78, 5) is 36.5. The molecule has 6 heteroatoms. The van der Waals surface area contributed by atoms with Crippen molar-refractivity contribution in [1.29, 1.82) is 0 Å². The molecular weight excluding hydrogens is 444 g/mol. The molecule has 0 aliphatic rings. The van der Waals surface area contributed by atoms with Crippen molar-refractivity contribution in [2.45, 2.75) is 155 Å². The molecule has 0 aromatic carbocycles. The maximum Gasteiger partial charge on any atom is 0.306 e. The van der Waals surface area contributed by atoms with Crippen LogP contribution in [0.4, 0.5) is 0 Å². The minimum Gasteiger partial charge on any atom is -0.462 e. The molecule has 0 saturated heterocycles. The summed E-state index contributed by atoms with van der Waals surface area (Å²) in [5.74, 6) is -0.914. The van der Waals surface area contributed by atoms with Gasteiger partial charge in [-0.1, -0.05) is 111 Å². The minimum atomic E-state index is -0.750. The Morgan fingerprint density at radius 2 is 0.771 bits per heavy atom. The average molecular weight is 499 g/mol. The third-order valence-corrected chi connectivity index (χ3v) is 6.11. The molecule has 6 nitrogen and oxygen atoms in total. The van der Waals surface area contributed by atoms with Gasteiger partial charge in [0.25, 0.3) is 0 Å². The normalized spacial score (nSPS) is 11.7. The van der Waals surface area contributed by atoms with Crippen molar-refractivity contribution in [2.75, 3.05) is 13.2 Å². The van der Waals surface area contributed by atoms with E-state index in [0.717, 1.165) is 70.6 Å². The van der Waals surface area contributed by atoms with Gasteiger partial charge in [-0.15, -0.1) is 0 Å². The first-order chi connectivity index (χ1) is 17.0. The van der Waals surface area contributed by atoms with E-state index in [1.807, 2.05) is 0 Å². The summed E-state index contributed by atoms with van der Waals surface area (Å²) >= 11 is 0. The van der Waals surface area contributed by atoms with Crippen molar-refractivity contribution in [1.82, 2.24) is 0 Å². The largest absolute Gasteiger partial charge is 0.462 e. The quantitative estimate of drug-likeness (QED) is 0.0724. The SMILES string of the molecule is CCCCCCCCCC(=O)OC[C@@H](COC(=O)CCCCCCC)OC(=O)CCCCCCC. The van der Waals surface area contributed by atoms with Gasteiger partial charge in [0, 0.05) is 19.3 Å². The molecule has 206 valence electrons. The first-order valence-electron chi connectivity index (χ1n) is 14.5. The van der Waals surface area contributed by atoms with E-state index in [1.165, 1.54) is 38.5 Å². The third-order valence-electron chi connectivity index (χ3n) is 6.11. The summed E-state index contributed by atoms with van der Waals surface area (Å²) in [5, 5.41) is 0. The van der Waals surface area contributed by atoms with Crippen molar-refractivity contribution in [3.8, 4) is 0 Å². The molecule has 0 saturated carbocycles. The van der Waals surface area contributed by atoms with Gasteiger partial charge in [0.1, 0.15) is 13.2 Å². The number of rotatable bonds is 25. The Balaban J connectivity index is 4.34. The second kappa shape index (κ2) is 25.5. The van der Waals surface area contributed by atoms with E-state index in [4.69, 9.17) is 14.2 Å². The minimum absolute atomic E-state index is 0.0688. The summed E-state index contributed by atoms with van der Waals surface area (Å²) in [6, 6.07) is 0. The predicted octanol–water partition coefficient (Wildman–Crippen LogP) is 7.85. The number of esters is 3. The fraction of sp³-hybridized carbons (Fsp3) is 0.897. The van der Waals surface area contributed by atoms with E-state index in [1.54, 1.807) is 0 Å². The Morgan fingerprint density at radius 3 is 1.14 bits per heavy atom. The van der Waals surface area contributed by atoms with Crippen LogP contribution >= 0.6 is 0 Å². The molecular formula is C29H54O6. The molecule has 0 spiro atoms. The monoisotopic (exact) mass is 498 g/mol. The van der Waals surface area contributed by atoms with Gasteiger partial charge >= 0.3 is 17.9 Å². The lowest BCUT2D eigenvalue weighted by Crippen LogP contribution is -2.30. The van der Waals surface area contributed by atoms with E-state index in [9.17, 15) is 14.4 Å². The lowest BCUT2D eigenvalue weighted by atomic mass is 10.1. The Morgan fingerprint density at radius 1 is 0.457 bits per heavy atom. The van der Waals surface area contributed by atoms with Gasteiger partial charge < -0.3 is 14.2 Å². The van der Waals surface area contributed by atoms with Crippen LogP contribution in [0.25, 0.3) is 0 Å². The fourth-order valence-corrected chi connectivity index (χ4v) is 3.85. The number of carbonyl (C=O) groups excluding carboxylic acids is 3. The topological polar surface area (TPSA) is 78.9 Å². The van der Waals surface area contributed by atoms with Gasteiger partial charge in [-0.3, -0.25) is 14.4 Å². The molecule has 0 aromatic heterocycles. The average Bonchev–Trinajstić information content (AvgIpc) is 2.84. The smallest absolute Gasteiger partial charge is 0.306 e. The highest BCUT2D eigenvalue weighted by Gasteiger charge is 2.19. The number of unbranched alkanes of at least 4 members (excludes halogenated alkanes) is 14. The molecule has 1 atom stereocenters. The third kappa shape index (κ3) is 23.9. The second-order valence-corrected chi connectivity index (χ2v) is 9.68. The Kier molecular flexibility index (Phi) is 24.3. The van der Waals surface area contributed by atoms with Crippen LogP contribution in [-0.2, 0) is 28.6 Å².